The van der Waals surface area contributed by atoms with Crippen LogP contribution in [-0.2, 0) is 4.79 Å². The standard InChI is InChI=1S/C52H103NO5/c1-3-5-7-9-11-13-14-15-16-17-18-19-20-21-22-23-24-25-26-27-28-29-30-31-32-33-34-35-36-37-38-40-42-44-46-50(56)52(58)53-48(47-54)51(57)49(55)45-43-41-39-12-10-8-6-4-2/h12,39,48-51,54-57H,3-11,13-38,40-47H2,1-2H3,(H,53,58)/b39-12+. The van der Waals surface area contributed by atoms with Crippen LogP contribution in [0.15, 0.2) is 12.2 Å². The molecule has 0 spiro atoms. The van der Waals surface area contributed by atoms with Gasteiger partial charge in [0.15, 0.2) is 0 Å². The van der Waals surface area contributed by atoms with Crippen molar-refractivity contribution in [2.24, 2.45) is 0 Å². The summed E-state index contributed by atoms with van der Waals surface area (Å²) in [5, 5.41) is 43.5. The van der Waals surface area contributed by atoms with Crippen molar-refractivity contribution in [1.29, 1.82) is 0 Å². The largest absolute Gasteiger partial charge is 0.394 e. The van der Waals surface area contributed by atoms with Gasteiger partial charge in [0.05, 0.1) is 18.8 Å². The molecule has 0 fully saturated rings. The van der Waals surface area contributed by atoms with Crippen LogP contribution in [0.2, 0.25) is 0 Å². The lowest BCUT2D eigenvalue weighted by Gasteiger charge is -2.27. The summed E-state index contributed by atoms with van der Waals surface area (Å²) >= 11 is 0. The molecule has 1 amide bonds. The molecule has 4 unspecified atom stereocenters. The molecule has 0 aliphatic heterocycles. The molecule has 0 aromatic rings. The van der Waals surface area contributed by atoms with Gasteiger partial charge in [-0.25, -0.2) is 0 Å². The molecule has 0 heterocycles. The first-order chi connectivity index (χ1) is 28.5. The third-order valence-corrected chi connectivity index (χ3v) is 12.5. The van der Waals surface area contributed by atoms with Crippen LogP contribution in [0, 0.1) is 0 Å². The minimum absolute atomic E-state index is 0.368. The average molecular weight is 822 g/mol. The van der Waals surface area contributed by atoms with Crippen molar-refractivity contribution in [3.8, 4) is 0 Å². The molecule has 0 aromatic carbocycles. The first kappa shape index (κ1) is 57.1. The fraction of sp³-hybridized carbons (Fsp3) is 0.942. The van der Waals surface area contributed by atoms with E-state index in [0.717, 1.165) is 38.5 Å². The van der Waals surface area contributed by atoms with Crippen molar-refractivity contribution in [3.63, 3.8) is 0 Å². The second kappa shape index (κ2) is 47.1. The summed E-state index contributed by atoms with van der Waals surface area (Å²) < 4.78 is 0. The molecule has 4 atom stereocenters. The number of amides is 1. The molecule has 0 radical (unpaired) electrons. The molecule has 346 valence electrons. The summed E-state index contributed by atoms with van der Waals surface area (Å²) in [5.74, 6) is -0.591. The van der Waals surface area contributed by atoms with Crippen molar-refractivity contribution in [2.45, 2.75) is 308 Å². The third-order valence-electron chi connectivity index (χ3n) is 12.5. The van der Waals surface area contributed by atoms with Gasteiger partial charge >= 0.3 is 0 Å². The van der Waals surface area contributed by atoms with E-state index in [4.69, 9.17) is 0 Å². The van der Waals surface area contributed by atoms with Crippen molar-refractivity contribution in [2.75, 3.05) is 6.61 Å². The fourth-order valence-corrected chi connectivity index (χ4v) is 8.35. The van der Waals surface area contributed by atoms with Crippen molar-refractivity contribution >= 4 is 5.91 Å². The number of hydrogen-bond acceptors (Lipinski definition) is 5. The van der Waals surface area contributed by atoms with Gasteiger partial charge in [-0.2, -0.15) is 0 Å². The molecule has 58 heavy (non-hydrogen) atoms. The highest BCUT2D eigenvalue weighted by molar-refractivity contribution is 5.80. The highest BCUT2D eigenvalue weighted by Gasteiger charge is 2.28. The number of allylic oxidation sites excluding steroid dienone is 2. The highest BCUT2D eigenvalue weighted by Crippen LogP contribution is 2.18. The summed E-state index contributed by atoms with van der Waals surface area (Å²) in [6, 6.07) is -0.996. The lowest BCUT2D eigenvalue weighted by Crippen LogP contribution is -2.53. The van der Waals surface area contributed by atoms with Gasteiger partial charge in [0.2, 0.25) is 5.91 Å². The van der Waals surface area contributed by atoms with Gasteiger partial charge in [0.25, 0.3) is 0 Å². The Morgan fingerprint density at radius 2 is 0.707 bits per heavy atom. The maximum atomic E-state index is 12.5. The van der Waals surface area contributed by atoms with Crippen molar-refractivity contribution in [1.82, 2.24) is 5.32 Å². The van der Waals surface area contributed by atoms with Crippen LogP contribution in [0.5, 0.6) is 0 Å². The average Bonchev–Trinajstić information content (AvgIpc) is 3.23. The number of carbonyl (C=O) groups excluding carboxylic acids is 1. The van der Waals surface area contributed by atoms with Crippen LogP contribution in [0.1, 0.15) is 284 Å². The Morgan fingerprint density at radius 3 is 1.03 bits per heavy atom. The zero-order chi connectivity index (χ0) is 42.4. The lowest BCUT2D eigenvalue weighted by molar-refractivity contribution is -0.132. The first-order valence-corrected chi connectivity index (χ1v) is 26.1. The number of aliphatic hydroxyl groups is 4. The fourth-order valence-electron chi connectivity index (χ4n) is 8.35. The molecule has 6 heteroatoms. The number of hydrogen-bond donors (Lipinski definition) is 5. The van der Waals surface area contributed by atoms with Gasteiger partial charge in [-0.1, -0.05) is 257 Å². The number of rotatable bonds is 48. The quantitative estimate of drug-likeness (QED) is 0.0310. The molecule has 6 nitrogen and oxygen atoms in total. The molecule has 5 N–H and O–H groups in total. The lowest BCUT2D eigenvalue weighted by atomic mass is 10.00. The molecular formula is C52H103NO5. The summed E-state index contributed by atoms with van der Waals surface area (Å²) in [7, 11) is 0. The zero-order valence-electron chi connectivity index (χ0n) is 39.1. The van der Waals surface area contributed by atoms with Crippen LogP contribution < -0.4 is 5.32 Å². The monoisotopic (exact) mass is 822 g/mol. The Bertz CT molecular complexity index is 837. The van der Waals surface area contributed by atoms with E-state index < -0.39 is 36.9 Å². The molecule has 0 aromatic heterocycles. The maximum absolute atomic E-state index is 12.5. The summed E-state index contributed by atoms with van der Waals surface area (Å²) in [5.41, 5.74) is 0. The Morgan fingerprint density at radius 1 is 0.414 bits per heavy atom. The normalized spacial score (nSPS) is 14.0. The van der Waals surface area contributed by atoms with Gasteiger partial charge in [0, 0.05) is 0 Å². The van der Waals surface area contributed by atoms with Crippen LogP contribution in [0.3, 0.4) is 0 Å². The van der Waals surface area contributed by atoms with Crippen LogP contribution in [0.25, 0.3) is 0 Å². The molecule has 0 rings (SSSR count). The van der Waals surface area contributed by atoms with E-state index in [1.54, 1.807) is 0 Å². The summed E-state index contributed by atoms with van der Waals surface area (Å²) in [6.07, 6.45) is 54.7. The predicted octanol–water partition coefficient (Wildman–Crippen LogP) is 14.5. The minimum Gasteiger partial charge on any atom is -0.394 e. The Kier molecular flexibility index (Phi) is 46.3. The third kappa shape index (κ3) is 40.5. The first-order valence-electron chi connectivity index (χ1n) is 26.1. The van der Waals surface area contributed by atoms with Crippen LogP contribution in [0.4, 0.5) is 0 Å². The smallest absolute Gasteiger partial charge is 0.249 e. The van der Waals surface area contributed by atoms with E-state index >= 15 is 0 Å². The van der Waals surface area contributed by atoms with E-state index in [1.165, 1.54) is 218 Å². The Labute approximate surface area is 362 Å². The van der Waals surface area contributed by atoms with Crippen molar-refractivity contribution in [3.05, 3.63) is 12.2 Å². The Hall–Kier alpha value is -0.950. The summed E-state index contributed by atoms with van der Waals surface area (Å²) in [4.78, 5) is 12.5. The van der Waals surface area contributed by atoms with Crippen molar-refractivity contribution < 1.29 is 25.2 Å². The second-order valence-electron chi connectivity index (χ2n) is 18.2. The van der Waals surface area contributed by atoms with Gasteiger partial charge in [0.1, 0.15) is 12.2 Å². The molecule has 0 aliphatic rings. The zero-order valence-corrected chi connectivity index (χ0v) is 39.1. The molecule has 0 aliphatic carbocycles. The van der Waals surface area contributed by atoms with E-state index in [9.17, 15) is 25.2 Å². The molecule has 0 saturated heterocycles. The highest BCUT2D eigenvalue weighted by atomic mass is 16.3. The number of carbonyl (C=O) groups is 1. The van der Waals surface area contributed by atoms with Crippen LogP contribution >= 0.6 is 0 Å². The number of aliphatic hydroxyl groups excluding tert-OH is 4. The van der Waals surface area contributed by atoms with E-state index in [2.05, 4.69) is 31.3 Å². The molecule has 0 saturated carbocycles. The van der Waals surface area contributed by atoms with Gasteiger partial charge in [-0.05, 0) is 38.5 Å². The van der Waals surface area contributed by atoms with Gasteiger partial charge in [-0.3, -0.25) is 4.79 Å². The minimum atomic E-state index is -1.28. The molecular weight excluding hydrogens is 719 g/mol. The Balaban J connectivity index is 3.45. The predicted molar refractivity (Wildman–Crippen MR) is 251 cm³/mol. The van der Waals surface area contributed by atoms with Crippen LogP contribution in [-0.4, -0.2) is 57.3 Å². The molecule has 0 bridgehead atoms. The van der Waals surface area contributed by atoms with Gasteiger partial charge in [-0.15, -0.1) is 0 Å². The maximum Gasteiger partial charge on any atom is 0.249 e. The van der Waals surface area contributed by atoms with E-state index in [-0.39, 0.29) is 0 Å². The SMILES string of the molecule is CCCCC/C=C/CCCC(O)C(O)C(CO)NC(=O)C(O)CCCCCCCCCCCCCCCCCCCCCCCCCCCCCCCCCCCC. The van der Waals surface area contributed by atoms with E-state index in [1.807, 2.05) is 0 Å². The van der Waals surface area contributed by atoms with E-state index in [0.29, 0.717) is 12.8 Å². The summed E-state index contributed by atoms with van der Waals surface area (Å²) in [6.45, 7) is 3.99. The second-order valence-corrected chi connectivity index (χ2v) is 18.2. The number of unbranched alkanes of at least 4 members (excludes halogenated alkanes) is 37. The number of nitrogens with one attached hydrogen (secondary N) is 1. The topological polar surface area (TPSA) is 110 Å². The van der Waals surface area contributed by atoms with Gasteiger partial charge < -0.3 is 25.7 Å².